The van der Waals surface area contributed by atoms with E-state index in [9.17, 15) is 61.0 Å². The molecule has 0 aromatic rings. The Bertz CT molecular complexity index is 1590. The van der Waals surface area contributed by atoms with Crippen LogP contribution in [-0.2, 0) is 33.2 Å². The standard InChI is InChI=1S/C52H87NO18/c1-3-5-7-9-11-13-15-16-17-18-20-22-24-26-28-30-40(58)53-35(36(57)29-27-25-23-21-19-14-12-10-8-6-4-2)34-66-50-46(64)43(61)48(38(32-55)68-50)71-52-47(65)44(62)49(39(33-56)69-52)70-51-45(63)42(60)41(59)37(31-54)67-51/h5,7,11,13,16-17,20,22,26-29,35-39,41-52,54-57,59-65H,3-4,6,8-10,12,14-15,18-19,21,23-25,30-34H2,1-2H3,(H,53,58)/b7-5-,13-11-,17-16-,22-20-,28-26-,29-27+. The molecule has 3 aliphatic rings. The fourth-order valence-electron chi connectivity index (χ4n) is 8.25. The van der Waals surface area contributed by atoms with E-state index in [0.29, 0.717) is 12.8 Å². The molecule has 0 saturated carbocycles. The number of rotatable bonds is 34. The first-order chi connectivity index (χ1) is 34.3. The Balaban J connectivity index is 1.59. The van der Waals surface area contributed by atoms with Gasteiger partial charge in [0.2, 0.25) is 5.91 Å². The van der Waals surface area contributed by atoms with E-state index in [1.807, 2.05) is 24.3 Å². The van der Waals surface area contributed by atoms with Crippen LogP contribution in [0.15, 0.2) is 72.9 Å². The molecule has 17 unspecified atom stereocenters. The summed E-state index contributed by atoms with van der Waals surface area (Å²) >= 11 is 0. The minimum absolute atomic E-state index is 0.00726. The maximum Gasteiger partial charge on any atom is 0.224 e. The van der Waals surface area contributed by atoms with Crippen LogP contribution < -0.4 is 5.32 Å². The normalized spacial score (nSPS) is 32.9. The Morgan fingerprint density at radius 1 is 0.521 bits per heavy atom. The third-order valence-electron chi connectivity index (χ3n) is 12.5. The SMILES string of the molecule is CC/C=C\C/C=C\C/C=C\C/C=C\C/C=C\CC(=O)NC(COC1OC(CO)C(OC2OC(CO)C(OC3OC(CO)C(O)C(O)C3O)C(O)C2O)C(O)C1O)C(O)/C=C/CCCCCCCCCCC. The van der Waals surface area contributed by atoms with Gasteiger partial charge in [-0.2, -0.15) is 0 Å². The van der Waals surface area contributed by atoms with Gasteiger partial charge in [0.25, 0.3) is 0 Å². The lowest BCUT2D eigenvalue weighted by atomic mass is 9.96. The van der Waals surface area contributed by atoms with Crippen LogP contribution in [0.4, 0.5) is 0 Å². The van der Waals surface area contributed by atoms with Gasteiger partial charge in [0, 0.05) is 6.42 Å². The number of amides is 1. The molecule has 0 aromatic carbocycles. The number of hydrogen-bond donors (Lipinski definition) is 12. The van der Waals surface area contributed by atoms with Crippen molar-refractivity contribution in [2.45, 2.75) is 221 Å². The van der Waals surface area contributed by atoms with Gasteiger partial charge in [-0.3, -0.25) is 4.79 Å². The highest BCUT2D eigenvalue weighted by Crippen LogP contribution is 2.33. The number of allylic oxidation sites excluding steroid dienone is 10. The van der Waals surface area contributed by atoms with Crippen molar-refractivity contribution < 1.29 is 89.4 Å². The predicted octanol–water partition coefficient (Wildman–Crippen LogP) is 1.92. The molecule has 19 heteroatoms. The van der Waals surface area contributed by atoms with Gasteiger partial charge in [-0.15, -0.1) is 0 Å². The van der Waals surface area contributed by atoms with Crippen LogP contribution in [0.5, 0.6) is 0 Å². The van der Waals surface area contributed by atoms with Gasteiger partial charge < -0.3 is 89.9 Å². The van der Waals surface area contributed by atoms with Crippen molar-refractivity contribution in [3.05, 3.63) is 72.9 Å². The largest absolute Gasteiger partial charge is 0.394 e. The summed E-state index contributed by atoms with van der Waals surface area (Å²) in [6, 6.07) is -1.03. The fourth-order valence-corrected chi connectivity index (χ4v) is 8.25. The number of hydrogen-bond acceptors (Lipinski definition) is 18. The van der Waals surface area contributed by atoms with Crippen LogP contribution in [-0.4, -0.2) is 193 Å². The second-order valence-electron chi connectivity index (χ2n) is 18.3. The molecule has 0 aromatic heterocycles. The van der Waals surface area contributed by atoms with Gasteiger partial charge in [0.1, 0.15) is 73.2 Å². The van der Waals surface area contributed by atoms with E-state index in [2.05, 4.69) is 55.6 Å². The monoisotopic (exact) mass is 1010 g/mol. The van der Waals surface area contributed by atoms with Crippen LogP contribution >= 0.6 is 0 Å². The average Bonchev–Trinajstić information content (AvgIpc) is 3.36. The summed E-state index contributed by atoms with van der Waals surface area (Å²) in [5.74, 6) is -0.409. The van der Waals surface area contributed by atoms with Crippen molar-refractivity contribution in [2.75, 3.05) is 26.4 Å². The van der Waals surface area contributed by atoms with Gasteiger partial charge >= 0.3 is 0 Å². The second kappa shape index (κ2) is 36.2. The van der Waals surface area contributed by atoms with E-state index in [0.717, 1.165) is 44.9 Å². The molecule has 0 bridgehead atoms. The maximum absolute atomic E-state index is 13.1. The molecular weight excluding hydrogens is 927 g/mol. The van der Waals surface area contributed by atoms with Crippen LogP contribution in [0.25, 0.3) is 0 Å². The zero-order valence-electron chi connectivity index (χ0n) is 41.7. The Hall–Kier alpha value is -2.77. The first-order valence-electron chi connectivity index (χ1n) is 25.7. The lowest BCUT2D eigenvalue weighted by Gasteiger charge is -2.48. The average molecular weight is 1010 g/mol. The Labute approximate surface area is 419 Å². The van der Waals surface area contributed by atoms with E-state index in [4.69, 9.17) is 28.4 Å². The van der Waals surface area contributed by atoms with Crippen molar-refractivity contribution in [3.8, 4) is 0 Å². The molecule has 0 spiro atoms. The molecular formula is C52H87NO18. The third-order valence-corrected chi connectivity index (χ3v) is 12.5. The highest BCUT2D eigenvalue weighted by molar-refractivity contribution is 5.77. The molecule has 0 radical (unpaired) electrons. The lowest BCUT2D eigenvalue weighted by Crippen LogP contribution is -2.66. The van der Waals surface area contributed by atoms with Crippen molar-refractivity contribution >= 4 is 5.91 Å². The lowest BCUT2D eigenvalue weighted by molar-refractivity contribution is -0.379. The maximum atomic E-state index is 13.1. The molecule has 0 aliphatic carbocycles. The minimum atomic E-state index is -1.99. The van der Waals surface area contributed by atoms with Crippen molar-refractivity contribution in [2.24, 2.45) is 0 Å². The van der Waals surface area contributed by atoms with Crippen molar-refractivity contribution in [1.29, 1.82) is 0 Å². The predicted molar refractivity (Wildman–Crippen MR) is 263 cm³/mol. The molecule has 408 valence electrons. The molecule has 3 rings (SSSR count). The highest BCUT2D eigenvalue weighted by Gasteiger charge is 2.53. The number of unbranched alkanes of at least 4 members (excludes halogenated alkanes) is 9. The first kappa shape index (κ1) is 62.5. The number of carbonyl (C=O) groups excluding carboxylic acids is 1. The summed E-state index contributed by atoms with van der Waals surface area (Å²) in [5, 5.41) is 119. The molecule has 1 amide bonds. The van der Waals surface area contributed by atoms with Gasteiger partial charge in [-0.1, -0.05) is 138 Å². The molecule has 3 saturated heterocycles. The van der Waals surface area contributed by atoms with Gasteiger partial charge in [0.15, 0.2) is 18.9 Å². The number of ether oxygens (including phenoxy) is 6. The fraction of sp³-hybridized carbons (Fsp3) is 0.750. The number of aliphatic hydroxyl groups excluding tert-OH is 11. The van der Waals surface area contributed by atoms with E-state index in [1.165, 1.54) is 38.5 Å². The second-order valence-corrected chi connectivity index (χ2v) is 18.3. The summed E-state index contributed by atoms with van der Waals surface area (Å²) in [5.41, 5.74) is 0. The minimum Gasteiger partial charge on any atom is -0.394 e. The topological polar surface area (TPSA) is 307 Å². The number of nitrogens with one attached hydrogen (secondary N) is 1. The smallest absolute Gasteiger partial charge is 0.224 e. The Kier molecular flexibility index (Phi) is 31.9. The molecule has 19 nitrogen and oxygen atoms in total. The summed E-state index contributed by atoms with van der Waals surface area (Å²) in [6.45, 7) is 1.46. The first-order valence-corrected chi connectivity index (χ1v) is 25.7. The van der Waals surface area contributed by atoms with Crippen molar-refractivity contribution in [3.63, 3.8) is 0 Å². The molecule has 3 heterocycles. The molecule has 12 N–H and O–H groups in total. The van der Waals surface area contributed by atoms with Gasteiger partial charge in [-0.25, -0.2) is 0 Å². The summed E-state index contributed by atoms with van der Waals surface area (Å²) in [7, 11) is 0. The summed E-state index contributed by atoms with van der Waals surface area (Å²) < 4.78 is 34.0. The summed E-state index contributed by atoms with van der Waals surface area (Å²) in [4.78, 5) is 13.1. The van der Waals surface area contributed by atoms with Crippen LogP contribution in [0.2, 0.25) is 0 Å². The van der Waals surface area contributed by atoms with Crippen LogP contribution in [0.1, 0.15) is 117 Å². The zero-order chi connectivity index (χ0) is 52.0. The molecule has 71 heavy (non-hydrogen) atoms. The zero-order valence-corrected chi connectivity index (χ0v) is 41.7. The van der Waals surface area contributed by atoms with Crippen LogP contribution in [0, 0.1) is 0 Å². The Morgan fingerprint density at radius 3 is 1.46 bits per heavy atom. The molecule has 17 atom stereocenters. The van der Waals surface area contributed by atoms with Crippen LogP contribution in [0.3, 0.4) is 0 Å². The third kappa shape index (κ3) is 21.9. The highest BCUT2D eigenvalue weighted by atomic mass is 16.8. The van der Waals surface area contributed by atoms with E-state index in [-0.39, 0.29) is 6.42 Å². The van der Waals surface area contributed by atoms with E-state index >= 15 is 0 Å². The van der Waals surface area contributed by atoms with Gasteiger partial charge in [0.05, 0.1) is 38.6 Å². The number of aliphatic hydroxyl groups is 11. The van der Waals surface area contributed by atoms with Gasteiger partial charge in [-0.05, 0) is 44.9 Å². The number of carbonyl (C=O) groups is 1. The van der Waals surface area contributed by atoms with E-state index < -0.39 is 137 Å². The molecule has 3 aliphatic heterocycles. The summed E-state index contributed by atoms with van der Waals surface area (Å²) in [6.07, 6.45) is 12.2. The van der Waals surface area contributed by atoms with Crippen molar-refractivity contribution in [1.82, 2.24) is 5.32 Å². The molecule has 3 fully saturated rings. The Morgan fingerprint density at radius 2 is 0.958 bits per heavy atom. The quantitative estimate of drug-likeness (QED) is 0.0324. The van der Waals surface area contributed by atoms with E-state index in [1.54, 1.807) is 12.2 Å².